The number of nitrogens with one attached hydrogen (secondary N) is 1. The Bertz CT molecular complexity index is 514. The molecule has 1 amide bonds. The minimum atomic E-state index is -0.613. The minimum absolute atomic E-state index is 0.232. The highest BCUT2D eigenvalue weighted by molar-refractivity contribution is 6.30. The number of aromatic nitrogens is 2. The first kappa shape index (κ1) is 19.6. The molecule has 1 aromatic heterocycles. The number of rotatable bonds is 7. The first-order chi connectivity index (χ1) is 10.8. The van der Waals surface area contributed by atoms with E-state index in [1.54, 1.807) is 20.8 Å². The highest BCUT2D eigenvalue weighted by Gasteiger charge is 2.21. The minimum Gasteiger partial charge on any atom is -0.444 e. The fraction of sp³-hybridized carbons (Fsp3) is 0.667. The smallest absolute Gasteiger partial charge is 0.413 e. The van der Waals surface area contributed by atoms with Gasteiger partial charge in [-0.3, -0.25) is 5.32 Å². The fourth-order valence-electron chi connectivity index (χ4n) is 1.78. The van der Waals surface area contributed by atoms with Gasteiger partial charge in [-0.25, -0.2) is 14.8 Å². The van der Waals surface area contributed by atoms with Gasteiger partial charge in [0.05, 0.1) is 0 Å². The summed E-state index contributed by atoms with van der Waals surface area (Å²) in [5, 5.41) is 2.82. The molecule has 130 valence electrons. The first-order valence-corrected chi connectivity index (χ1v) is 7.87. The molecule has 0 saturated carbocycles. The Labute approximate surface area is 141 Å². The van der Waals surface area contributed by atoms with Gasteiger partial charge in [-0.2, -0.15) is 0 Å². The second-order valence-corrected chi connectivity index (χ2v) is 6.02. The Kier molecular flexibility index (Phi) is 7.67. The number of hydrogen-bond donors (Lipinski definition) is 1. The summed E-state index contributed by atoms with van der Waals surface area (Å²) in [5.41, 5.74) is -0.0767. The third-order valence-electron chi connectivity index (χ3n) is 2.59. The zero-order chi connectivity index (χ0) is 17.5. The van der Waals surface area contributed by atoms with Gasteiger partial charge in [0.2, 0.25) is 0 Å². The normalized spacial score (nSPS) is 11.6. The molecule has 1 aromatic rings. The molecule has 0 aliphatic rings. The van der Waals surface area contributed by atoms with Crippen LogP contribution in [0.15, 0.2) is 6.33 Å². The zero-order valence-corrected chi connectivity index (χ0v) is 14.9. The molecule has 0 saturated heterocycles. The van der Waals surface area contributed by atoms with E-state index < -0.39 is 18.0 Å². The molecule has 7 nitrogen and oxygen atoms in total. The molecule has 1 rings (SSSR count). The van der Waals surface area contributed by atoms with Crippen molar-refractivity contribution in [3.05, 3.63) is 17.0 Å². The van der Waals surface area contributed by atoms with Crippen LogP contribution in [0.4, 0.5) is 10.6 Å². The van der Waals surface area contributed by atoms with Crippen molar-refractivity contribution in [3.8, 4) is 0 Å². The van der Waals surface area contributed by atoms with E-state index in [9.17, 15) is 4.79 Å². The summed E-state index contributed by atoms with van der Waals surface area (Å²) in [6, 6.07) is 0. The third-order valence-corrected chi connectivity index (χ3v) is 2.91. The maximum absolute atomic E-state index is 11.9. The van der Waals surface area contributed by atoms with E-state index in [1.807, 2.05) is 13.8 Å². The molecule has 8 heteroatoms. The van der Waals surface area contributed by atoms with Gasteiger partial charge in [-0.05, 0) is 34.6 Å². The van der Waals surface area contributed by atoms with Crippen LogP contribution in [0.25, 0.3) is 0 Å². The van der Waals surface area contributed by atoms with E-state index in [0.717, 1.165) is 0 Å². The van der Waals surface area contributed by atoms with Crippen molar-refractivity contribution >= 4 is 23.5 Å². The zero-order valence-electron chi connectivity index (χ0n) is 14.2. The lowest BCUT2D eigenvalue weighted by molar-refractivity contribution is -0.134. The predicted molar refractivity (Wildman–Crippen MR) is 87.6 cm³/mol. The molecular weight excluding hydrogens is 322 g/mol. The number of halogens is 1. The van der Waals surface area contributed by atoms with E-state index in [-0.39, 0.29) is 11.0 Å². The topological polar surface area (TPSA) is 82.6 Å². The summed E-state index contributed by atoms with van der Waals surface area (Å²) in [4.78, 5) is 19.9. The van der Waals surface area contributed by atoms with Crippen molar-refractivity contribution in [3.63, 3.8) is 0 Å². The molecule has 0 atom stereocenters. The quantitative estimate of drug-likeness (QED) is 0.602. The lowest BCUT2D eigenvalue weighted by atomic mass is 10.2. The number of hydrogen-bond acceptors (Lipinski definition) is 6. The molecule has 1 N–H and O–H groups in total. The van der Waals surface area contributed by atoms with E-state index in [0.29, 0.717) is 25.2 Å². The molecule has 0 spiro atoms. The second-order valence-electron chi connectivity index (χ2n) is 5.66. The Morgan fingerprint density at radius 2 is 1.87 bits per heavy atom. The van der Waals surface area contributed by atoms with Crippen LogP contribution in [-0.2, 0) is 20.6 Å². The SMILES string of the molecule is CCOC(Cc1c(Cl)ncnc1NC(=O)OC(C)(C)C)OCC. The summed E-state index contributed by atoms with van der Waals surface area (Å²) in [7, 11) is 0. The van der Waals surface area contributed by atoms with Crippen LogP contribution in [0.2, 0.25) is 5.15 Å². The summed E-state index contributed by atoms with van der Waals surface area (Å²) >= 11 is 6.14. The van der Waals surface area contributed by atoms with Gasteiger partial charge in [-0.15, -0.1) is 0 Å². The van der Waals surface area contributed by atoms with Crippen LogP contribution in [0.1, 0.15) is 40.2 Å². The summed E-state index contributed by atoms with van der Waals surface area (Å²) in [5.74, 6) is 0.281. The summed E-state index contributed by atoms with van der Waals surface area (Å²) < 4.78 is 16.2. The largest absolute Gasteiger partial charge is 0.444 e. The lowest BCUT2D eigenvalue weighted by Gasteiger charge is -2.21. The average Bonchev–Trinajstić information content (AvgIpc) is 2.41. The molecule has 1 heterocycles. The maximum atomic E-state index is 11.9. The Morgan fingerprint density at radius 1 is 1.26 bits per heavy atom. The Hall–Kier alpha value is -1.44. The van der Waals surface area contributed by atoms with Crippen LogP contribution < -0.4 is 5.32 Å². The van der Waals surface area contributed by atoms with Crippen molar-refractivity contribution in [1.29, 1.82) is 0 Å². The third kappa shape index (κ3) is 7.11. The number of anilines is 1. The van der Waals surface area contributed by atoms with E-state index in [1.165, 1.54) is 6.33 Å². The molecule has 0 unspecified atom stereocenters. The molecule has 0 aromatic carbocycles. The van der Waals surface area contributed by atoms with Crippen LogP contribution in [0.3, 0.4) is 0 Å². The molecule has 23 heavy (non-hydrogen) atoms. The standard InChI is InChI=1S/C15H24ClN3O4/c1-6-21-11(22-7-2)8-10-12(16)17-9-18-13(10)19-14(20)23-15(3,4)5/h9,11H,6-8H2,1-5H3,(H,17,18,19,20). The second kappa shape index (κ2) is 9.00. The van der Waals surface area contributed by atoms with Crippen LogP contribution in [0, 0.1) is 0 Å². The average molecular weight is 346 g/mol. The molecule has 0 radical (unpaired) electrons. The number of amides is 1. The first-order valence-electron chi connectivity index (χ1n) is 7.49. The molecule has 0 aliphatic heterocycles. The van der Waals surface area contributed by atoms with Gasteiger partial charge < -0.3 is 14.2 Å². The van der Waals surface area contributed by atoms with Crippen molar-refractivity contribution < 1.29 is 19.0 Å². The van der Waals surface area contributed by atoms with Crippen molar-refractivity contribution in [2.24, 2.45) is 0 Å². The molecular formula is C15H24ClN3O4. The number of ether oxygens (including phenoxy) is 3. The van der Waals surface area contributed by atoms with Crippen LogP contribution >= 0.6 is 11.6 Å². The van der Waals surface area contributed by atoms with Gasteiger partial charge >= 0.3 is 6.09 Å². The molecule has 0 aliphatic carbocycles. The van der Waals surface area contributed by atoms with Crippen LogP contribution in [0.5, 0.6) is 0 Å². The Balaban J connectivity index is 2.92. The van der Waals surface area contributed by atoms with Gasteiger partial charge in [-0.1, -0.05) is 11.6 Å². The van der Waals surface area contributed by atoms with Crippen LogP contribution in [-0.4, -0.2) is 41.2 Å². The van der Waals surface area contributed by atoms with Gasteiger partial charge in [0.15, 0.2) is 6.29 Å². The fourth-order valence-corrected chi connectivity index (χ4v) is 1.99. The number of carbonyl (C=O) groups is 1. The lowest BCUT2D eigenvalue weighted by Crippen LogP contribution is -2.28. The van der Waals surface area contributed by atoms with Gasteiger partial charge in [0.25, 0.3) is 0 Å². The Morgan fingerprint density at radius 3 is 2.39 bits per heavy atom. The highest BCUT2D eigenvalue weighted by Crippen LogP contribution is 2.23. The highest BCUT2D eigenvalue weighted by atomic mass is 35.5. The monoisotopic (exact) mass is 345 g/mol. The molecule has 0 bridgehead atoms. The number of nitrogens with zero attached hydrogens (tertiary/aromatic N) is 2. The summed E-state index contributed by atoms with van der Waals surface area (Å²) in [6.07, 6.45) is 0.479. The van der Waals surface area contributed by atoms with Crippen molar-refractivity contribution in [2.75, 3.05) is 18.5 Å². The van der Waals surface area contributed by atoms with E-state index >= 15 is 0 Å². The summed E-state index contributed by atoms with van der Waals surface area (Å²) in [6.45, 7) is 10.1. The molecule has 0 fully saturated rings. The van der Waals surface area contributed by atoms with Crippen molar-refractivity contribution in [2.45, 2.75) is 52.9 Å². The van der Waals surface area contributed by atoms with Gasteiger partial charge in [0.1, 0.15) is 22.9 Å². The maximum Gasteiger partial charge on any atom is 0.413 e. The van der Waals surface area contributed by atoms with Gasteiger partial charge in [0, 0.05) is 25.2 Å². The van der Waals surface area contributed by atoms with E-state index in [4.69, 9.17) is 25.8 Å². The van der Waals surface area contributed by atoms with Crippen molar-refractivity contribution in [1.82, 2.24) is 9.97 Å². The van der Waals surface area contributed by atoms with E-state index in [2.05, 4.69) is 15.3 Å². The predicted octanol–water partition coefficient (Wildman–Crippen LogP) is 3.42. The number of carbonyl (C=O) groups excluding carboxylic acids is 1.